The van der Waals surface area contributed by atoms with Gasteiger partial charge >= 0.3 is 6.09 Å². The van der Waals surface area contributed by atoms with Gasteiger partial charge in [0.2, 0.25) is 11.8 Å². The Hall–Kier alpha value is -1.93. The van der Waals surface area contributed by atoms with E-state index in [1.807, 2.05) is 19.1 Å². The van der Waals surface area contributed by atoms with Crippen molar-refractivity contribution in [2.24, 2.45) is 0 Å². The molecular formula is C15H20BrN3O4. The largest absolute Gasteiger partial charge is 0.450 e. The van der Waals surface area contributed by atoms with E-state index in [9.17, 15) is 14.4 Å². The van der Waals surface area contributed by atoms with E-state index in [0.717, 1.165) is 4.47 Å². The molecule has 2 N–H and O–H groups in total. The highest BCUT2D eigenvalue weighted by atomic mass is 79.9. The molecule has 1 aromatic rings. The zero-order valence-corrected chi connectivity index (χ0v) is 14.7. The number of rotatable bonds is 7. The van der Waals surface area contributed by atoms with Crippen LogP contribution in [0.3, 0.4) is 0 Å². The minimum absolute atomic E-state index is 0.0445. The van der Waals surface area contributed by atoms with Crippen molar-refractivity contribution in [1.29, 1.82) is 0 Å². The molecule has 0 aromatic heterocycles. The van der Waals surface area contributed by atoms with Crippen LogP contribution in [0.1, 0.15) is 13.8 Å². The van der Waals surface area contributed by atoms with Gasteiger partial charge < -0.3 is 10.1 Å². The SMILES string of the molecule is CCOC(=O)NC(=O)CN(CC)CC(=O)Nc1ccc(Br)cc1. The first-order chi connectivity index (χ1) is 10.9. The second-order valence-electron chi connectivity index (χ2n) is 4.63. The minimum atomic E-state index is -0.784. The van der Waals surface area contributed by atoms with Crippen molar-refractivity contribution in [1.82, 2.24) is 10.2 Å². The molecule has 1 aromatic carbocycles. The molecule has 0 heterocycles. The van der Waals surface area contributed by atoms with Crippen molar-refractivity contribution >= 4 is 39.5 Å². The maximum atomic E-state index is 12.0. The molecule has 0 spiro atoms. The predicted octanol–water partition coefficient (Wildman–Crippen LogP) is 1.98. The van der Waals surface area contributed by atoms with Gasteiger partial charge in [0.05, 0.1) is 19.7 Å². The zero-order valence-electron chi connectivity index (χ0n) is 13.1. The molecule has 126 valence electrons. The third-order valence-electron chi connectivity index (χ3n) is 2.83. The van der Waals surface area contributed by atoms with Crippen molar-refractivity contribution in [3.05, 3.63) is 28.7 Å². The lowest BCUT2D eigenvalue weighted by atomic mass is 10.3. The van der Waals surface area contributed by atoms with Crippen molar-refractivity contribution in [3.63, 3.8) is 0 Å². The average Bonchev–Trinajstić information content (AvgIpc) is 2.49. The van der Waals surface area contributed by atoms with E-state index >= 15 is 0 Å². The fourth-order valence-corrected chi connectivity index (χ4v) is 2.00. The average molecular weight is 386 g/mol. The van der Waals surface area contributed by atoms with E-state index in [0.29, 0.717) is 12.2 Å². The van der Waals surface area contributed by atoms with Gasteiger partial charge in [-0.3, -0.25) is 19.8 Å². The first-order valence-corrected chi connectivity index (χ1v) is 7.98. The Bertz CT molecular complexity index is 548. The summed E-state index contributed by atoms with van der Waals surface area (Å²) in [5, 5.41) is 4.84. The molecule has 0 aliphatic rings. The summed E-state index contributed by atoms with van der Waals surface area (Å²) in [5.41, 5.74) is 0.672. The number of likely N-dealkylation sites (N-methyl/N-ethyl adjacent to an activating group) is 1. The third-order valence-corrected chi connectivity index (χ3v) is 3.36. The quantitative estimate of drug-likeness (QED) is 0.748. The van der Waals surface area contributed by atoms with Gasteiger partial charge in [0, 0.05) is 10.2 Å². The summed E-state index contributed by atoms with van der Waals surface area (Å²) in [6.45, 7) is 4.13. The Morgan fingerprint density at radius 1 is 1.09 bits per heavy atom. The number of ether oxygens (including phenoxy) is 1. The number of hydrogen-bond donors (Lipinski definition) is 2. The topological polar surface area (TPSA) is 87.7 Å². The summed E-state index contributed by atoms with van der Waals surface area (Å²) in [5.74, 6) is -0.750. The van der Waals surface area contributed by atoms with Crippen LogP contribution in [0.4, 0.5) is 10.5 Å². The maximum absolute atomic E-state index is 12.0. The number of amides is 3. The van der Waals surface area contributed by atoms with E-state index in [1.165, 1.54) is 0 Å². The van der Waals surface area contributed by atoms with Gasteiger partial charge in [0.25, 0.3) is 0 Å². The van der Waals surface area contributed by atoms with E-state index in [2.05, 4.69) is 31.3 Å². The summed E-state index contributed by atoms with van der Waals surface area (Å²) < 4.78 is 5.54. The van der Waals surface area contributed by atoms with Crippen LogP contribution in [0.2, 0.25) is 0 Å². The van der Waals surface area contributed by atoms with Crippen molar-refractivity contribution in [2.75, 3.05) is 31.6 Å². The number of nitrogens with zero attached hydrogens (tertiary/aromatic N) is 1. The number of benzene rings is 1. The highest BCUT2D eigenvalue weighted by Gasteiger charge is 2.15. The van der Waals surface area contributed by atoms with Crippen LogP contribution in [-0.4, -0.2) is 49.0 Å². The second kappa shape index (κ2) is 9.96. The molecule has 0 bridgehead atoms. The predicted molar refractivity (Wildman–Crippen MR) is 90.1 cm³/mol. The molecule has 1 rings (SSSR count). The summed E-state index contributed by atoms with van der Waals surface area (Å²) in [6, 6.07) is 7.18. The van der Waals surface area contributed by atoms with Crippen molar-refractivity contribution in [2.45, 2.75) is 13.8 Å². The summed E-state index contributed by atoms with van der Waals surface area (Å²) >= 11 is 3.32. The third kappa shape index (κ3) is 7.75. The Balaban J connectivity index is 2.45. The Kier molecular flexibility index (Phi) is 8.28. The fraction of sp³-hybridized carbons (Fsp3) is 0.400. The van der Waals surface area contributed by atoms with Crippen LogP contribution in [0.15, 0.2) is 28.7 Å². The number of carbonyl (C=O) groups is 3. The van der Waals surface area contributed by atoms with Gasteiger partial charge in [0.15, 0.2) is 0 Å². The standard InChI is InChI=1S/C15H20BrN3O4/c1-3-19(10-14(21)18-15(22)23-4-2)9-13(20)17-12-7-5-11(16)6-8-12/h5-8H,3-4,9-10H2,1-2H3,(H,17,20)(H,18,21,22). The van der Waals surface area contributed by atoms with Crippen LogP contribution in [0, 0.1) is 0 Å². The Morgan fingerprint density at radius 2 is 1.70 bits per heavy atom. The van der Waals surface area contributed by atoms with E-state index in [1.54, 1.807) is 24.0 Å². The molecule has 0 aliphatic heterocycles. The molecule has 8 heteroatoms. The normalized spacial score (nSPS) is 10.3. The lowest BCUT2D eigenvalue weighted by Crippen LogP contribution is -2.43. The molecule has 0 aliphatic carbocycles. The number of hydrogen-bond acceptors (Lipinski definition) is 5. The van der Waals surface area contributed by atoms with Crippen LogP contribution in [0.25, 0.3) is 0 Å². The smallest absolute Gasteiger partial charge is 0.413 e. The van der Waals surface area contributed by atoms with E-state index in [4.69, 9.17) is 0 Å². The van der Waals surface area contributed by atoms with Crippen LogP contribution < -0.4 is 10.6 Å². The van der Waals surface area contributed by atoms with Crippen LogP contribution in [0.5, 0.6) is 0 Å². The second-order valence-corrected chi connectivity index (χ2v) is 5.54. The molecule has 7 nitrogen and oxygen atoms in total. The number of anilines is 1. The first-order valence-electron chi connectivity index (χ1n) is 7.19. The van der Waals surface area contributed by atoms with Crippen LogP contribution in [-0.2, 0) is 14.3 Å². The zero-order chi connectivity index (χ0) is 17.2. The highest BCUT2D eigenvalue weighted by molar-refractivity contribution is 9.10. The van der Waals surface area contributed by atoms with Crippen molar-refractivity contribution in [3.8, 4) is 0 Å². The lowest BCUT2D eigenvalue weighted by Gasteiger charge is -2.19. The fourth-order valence-electron chi connectivity index (χ4n) is 1.74. The Morgan fingerprint density at radius 3 is 2.26 bits per heavy atom. The van der Waals surface area contributed by atoms with Gasteiger partial charge in [-0.15, -0.1) is 0 Å². The molecule has 0 unspecified atom stereocenters. The summed E-state index contributed by atoms with van der Waals surface area (Å²) in [4.78, 5) is 36.4. The van der Waals surface area contributed by atoms with Gasteiger partial charge in [-0.2, -0.15) is 0 Å². The summed E-state index contributed by atoms with van der Waals surface area (Å²) in [7, 11) is 0. The number of carbonyl (C=O) groups excluding carboxylic acids is 3. The van der Waals surface area contributed by atoms with Crippen LogP contribution >= 0.6 is 15.9 Å². The molecule has 0 saturated heterocycles. The van der Waals surface area contributed by atoms with E-state index < -0.39 is 12.0 Å². The highest BCUT2D eigenvalue weighted by Crippen LogP contribution is 2.13. The molecular weight excluding hydrogens is 366 g/mol. The van der Waals surface area contributed by atoms with Crippen molar-refractivity contribution < 1.29 is 19.1 Å². The molecule has 0 saturated carbocycles. The first kappa shape index (κ1) is 19.1. The molecule has 0 atom stereocenters. The molecule has 0 radical (unpaired) electrons. The van der Waals surface area contributed by atoms with Gasteiger partial charge in [0.1, 0.15) is 0 Å². The van der Waals surface area contributed by atoms with E-state index in [-0.39, 0.29) is 25.6 Å². The summed E-state index contributed by atoms with van der Waals surface area (Å²) in [6.07, 6.45) is -0.784. The monoisotopic (exact) mass is 385 g/mol. The van der Waals surface area contributed by atoms with Gasteiger partial charge in [-0.1, -0.05) is 22.9 Å². The van der Waals surface area contributed by atoms with Gasteiger partial charge in [-0.05, 0) is 37.7 Å². The Labute approximate surface area is 143 Å². The maximum Gasteiger partial charge on any atom is 0.413 e. The molecule has 0 fully saturated rings. The minimum Gasteiger partial charge on any atom is -0.450 e. The van der Waals surface area contributed by atoms with Gasteiger partial charge in [-0.25, -0.2) is 4.79 Å². The molecule has 23 heavy (non-hydrogen) atoms. The molecule has 3 amide bonds. The number of nitrogens with one attached hydrogen (secondary N) is 2. The number of alkyl carbamates (subject to hydrolysis) is 1. The lowest BCUT2D eigenvalue weighted by molar-refractivity contribution is -0.122. The number of imide groups is 1. The number of halogens is 1.